The first kappa shape index (κ1) is 12.1. The molecular weight excluding hydrogens is 300 g/mol. The molecule has 0 aromatic heterocycles. The molecule has 0 aliphatic carbocycles. The van der Waals surface area contributed by atoms with Gasteiger partial charge in [0.25, 0.3) is 0 Å². The van der Waals surface area contributed by atoms with Crippen molar-refractivity contribution in [3.8, 4) is 0 Å². The van der Waals surface area contributed by atoms with Crippen LogP contribution in [0, 0.1) is 4.91 Å². The van der Waals surface area contributed by atoms with Crippen LogP contribution in [0.15, 0.2) is 63.1 Å². The average Bonchev–Trinajstić information content (AvgIpc) is 2.38. The molecule has 0 atom stereocenters. The molecule has 3 nitrogen and oxygen atoms in total. The van der Waals surface area contributed by atoms with Crippen molar-refractivity contribution in [1.29, 1.82) is 0 Å². The molecule has 17 heavy (non-hydrogen) atoms. The van der Waals surface area contributed by atoms with Crippen LogP contribution in [0.3, 0.4) is 0 Å². The lowest BCUT2D eigenvalue weighted by atomic mass is 10.3. The Hall–Kier alpha value is -1.33. The maximum absolute atomic E-state index is 10.6. The maximum atomic E-state index is 10.6. The molecule has 0 heterocycles. The number of hydrogen-bond acceptors (Lipinski definition) is 4. The van der Waals surface area contributed by atoms with Crippen LogP contribution in [0.5, 0.6) is 0 Å². The van der Waals surface area contributed by atoms with E-state index in [0.717, 1.165) is 15.1 Å². The normalized spacial score (nSPS) is 9.94. The highest BCUT2D eigenvalue weighted by molar-refractivity contribution is 9.10. The Morgan fingerprint density at radius 3 is 2.47 bits per heavy atom. The van der Waals surface area contributed by atoms with Crippen molar-refractivity contribution in [1.82, 2.24) is 0 Å². The highest BCUT2D eigenvalue weighted by Crippen LogP contribution is 2.30. The number of benzene rings is 2. The van der Waals surface area contributed by atoms with E-state index >= 15 is 0 Å². The standard InChI is InChI=1S/C12H9BrN2OS/c13-9-5-7-10(8-6-9)15-17-12-4-2-1-3-11(12)14-16/h1-8,15H. The summed E-state index contributed by atoms with van der Waals surface area (Å²) in [6, 6.07) is 15.0. The van der Waals surface area contributed by atoms with Crippen LogP contribution in [0.4, 0.5) is 11.4 Å². The van der Waals surface area contributed by atoms with Crippen LogP contribution in [0.25, 0.3) is 0 Å². The van der Waals surface area contributed by atoms with E-state index in [1.807, 2.05) is 36.4 Å². The number of hydrogen-bond donors (Lipinski definition) is 1. The fourth-order valence-corrected chi connectivity index (χ4v) is 2.24. The van der Waals surface area contributed by atoms with Gasteiger partial charge in [0.1, 0.15) is 5.69 Å². The molecule has 0 fully saturated rings. The van der Waals surface area contributed by atoms with Crippen molar-refractivity contribution in [2.45, 2.75) is 4.90 Å². The van der Waals surface area contributed by atoms with Crippen molar-refractivity contribution in [3.63, 3.8) is 0 Å². The number of nitrogens with zero attached hydrogens (tertiary/aromatic N) is 1. The van der Waals surface area contributed by atoms with Gasteiger partial charge in [-0.05, 0) is 53.5 Å². The largest absolute Gasteiger partial charge is 0.326 e. The quantitative estimate of drug-likeness (QED) is 0.640. The zero-order valence-electron chi connectivity index (χ0n) is 8.76. The number of nitrogens with one attached hydrogen (secondary N) is 1. The van der Waals surface area contributed by atoms with E-state index < -0.39 is 0 Å². The molecule has 0 spiro atoms. The van der Waals surface area contributed by atoms with Gasteiger partial charge >= 0.3 is 0 Å². The third kappa shape index (κ3) is 3.31. The predicted molar refractivity (Wildman–Crippen MR) is 75.5 cm³/mol. The van der Waals surface area contributed by atoms with E-state index in [2.05, 4.69) is 25.8 Å². The second-order valence-corrected chi connectivity index (χ2v) is 5.03. The molecule has 0 aliphatic heterocycles. The topological polar surface area (TPSA) is 41.5 Å². The van der Waals surface area contributed by atoms with Gasteiger partial charge in [-0.3, -0.25) is 0 Å². The summed E-state index contributed by atoms with van der Waals surface area (Å²) >= 11 is 4.74. The van der Waals surface area contributed by atoms with E-state index in [0.29, 0.717) is 5.69 Å². The van der Waals surface area contributed by atoms with Crippen molar-refractivity contribution in [2.75, 3.05) is 4.72 Å². The summed E-state index contributed by atoms with van der Waals surface area (Å²) in [5.41, 5.74) is 1.42. The molecule has 0 radical (unpaired) electrons. The Morgan fingerprint density at radius 1 is 1.06 bits per heavy atom. The van der Waals surface area contributed by atoms with Crippen LogP contribution in [-0.4, -0.2) is 0 Å². The molecule has 86 valence electrons. The zero-order chi connectivity index (χ0) is 12.1. The number of rotatable bonds is 4. The van der Waals surface area contributed by atoms with Crippen LogP contribution in [0.2, 0.25) is 0 Å². The Kier molecular flexibility index (Phi) is 4.17. The van der Waals surface area contributed by atoms with E-state index in [1.54, 1.807) is 12.1 Å². The minimum Gasteiger partial charge on any atom is -0.326 e. The predicted octanol–water partition coefficient (Wildman–Crippen LogP) is 4.97. The van der Waals surface area contributed by atoms with E-state index in [9.17, 15) is 4.91 Å². The highest BCUT2D eigenvalue weighted by Gasteiger charge is 2.02. The molecule has 0 amide bonds. The summed E-state index contributed by atoms with van der Waals surface area (Å²) in [6.07, 6.45) is 0. The minimum absolute atomic E-state index is 0.446. The van der Waals surface area contributed by atoms with Gasteiger partial charge in [-0.2, -0.15) is 0 Å². The lowest BCUT2D eigenvalue weighted by molar-refractivity contribution is 1.36. The first-order valence-corrected chi connectivity index (χ1v) is 6.51. The summed E-state index contributed by atoms with van der Waals surface area (Å²) in [4.78, 5) is 11.4. The van der Waals surface area contributed by atoms with Gasteiger partial charge in [0, 0.05) is 10.2 Å². The third-order valence-electron chi connectivity index (χ3n) is 2.09. The molecule has 2 aromatic carbocycles. The van der Waals surface area contributed by atoms with Crippen molar-refractivity contribution in [2.24, 2.45) is 5.18 Å². The van der Waals surface area contributed by atoms with Gasteiger partial charge in [-0.1, -0.05) is 28.1 Å². The Bertz CT molecular complexity index is 516. The molecule has 2 rings (SSSR count). The highest BCUT2D eigenvalue weighted by atomic mass is 79.9. The average molecular weight is 309 g/mol. The second-order valence-electron chi connectivity index (χ2n) is 3.27. The minimum atomic E-state index is 0.446. The van der Waals surface area contributed by atoms with Crippen LogP contribution in [-0.2, 0) is 0 Å². The smallest absolute Gasteiger partial charge is 0.123 e. The fraction of sp³-hybridized carbons (Fsp3) is 0. The summed E-state index contributed by atoms with van der Waals surface area (Å²) in [5.74, 6) is 0. The van der Waals surface area contributed by atoms with E-state index in [-0.39, 0.29) is 0 Å². The first-order chi connectivity index (χ1) is 8.29. The molecule has 2 aromatic rings. The first-order valence-electron chi connectivity index (χ1n) is 4.90. The molecule has 0 bridgehead atoms. The number of anilines is 1. The molecule has 0 aliphatic rings. The summed E-state index contributed by atoms with van der Waals surface area (Å²) in [7, 11) is 0. The van der Waals surface area contributed by atoms with Crippen LogP contribution < -0.4 is 4.72 Å². The van der Waals surface area contributed by atoms with Gasteiger partial charge in [0.2, 0.25) is 0 Å². The van der Waals surface area contributed by atoms with Crippen molar-refractivity contribution in [3.05, 3.63) is 57.9 Å². The molecular formula is C12H9BrN2OS. The Balaban J connectivity index is 2.07. The Labute approximate surface area is 112 Å². The van der Waals surface area contributed by atoms with E-state index in [4.69, 9.17) is 0 Å². The molecule has 0 unspecified atom stereocenters. The lowest BCUT2D eigenvalue weighted by Gasteiger charge is -2.06. The van der Waals surface area contributed by atoms with Gasteiger partial charge in [0.15, 0.2) is 0 Å². The van der Waals surface area contributed by atoms with Crippen LogP contribution in [0.1, 0.15) is 0 Å². The van der Waals surface area contributed by atoms with Crippen molar-refractivity contribution >= 4 is 39.3 Å². The second kappa shape index (κ2) is 5.84. The summed E-state index contributed by atoms with van der Waals surface area (Å²) in [5, 5.41) is 2.98. The van der Waals surface area contributed by atoms with Gasteiger partial charge in [-0.25, -0.2) is 0 Å². The SMILES string of the molecule is O=Nc1ccccc1SNc1ccc(Br)cc1. The van der Waals surface area contributed by atoms with Crippen molar-refractivity contribution < 1.29 is 0 Å². The summed E-state index contributed by atoms with van der Waals surface area (Å²) < 4.78 is 4.19. The molecule has 0 saturated carbocycles. The lowest BCUT2D eigenvalue weighted by Crippen LogP contribution is -1.86. The van der Waals surface area contributed by atoms with Crippen LogP contribution >= 0.6 is 27.9 Å². The maximum Gasteiger partial charge on any atom is 0.123 e. The molecule has 1 N–H and O–H groups in total. The Morgan fingerprint density at radius 2 is 1.76 bits per heavy atom. The third-order valence-corrected chi connectivity index (χ3v) is 3.52. The monoisotopic (exact) mass is 308 g/mol. The summed E-state index contributed by atoms with van der Waals surface area (Å²) in [6.45, 7) is 0. The molecule has 5 heteroatoms. The van der Waals surface area contributed by atoms with Gasteiger partial charge < -0.3 is 4.72 Å². The fourth-order valence-electron chi connectivity index (χ4n) is 1.25. The number of halogens is 1. The zero-order valence-corrected chi connectivity index (χ0v) is 11.2. The van der Waals surface area contributed by atoms with Gasteiger partial charge in [0.05, 0.1) is 4.90 Å². The molecule has 0 saturated heterocycles. The van der Waals surface area contributed by atoms with Gasteiger partial charge in [-0.15, -0.1) is 4.91 Å². The number of nitroso groups, excluding NO2 is 1. The van der Waals surface area contributed by atoms with E-state index in [1.165, 1.54) is 11.9 Å².